The average molecular weight is 342 g/mol. The minimum Gasteiger partial charge on any atom is -0.452 e. The molecule has 0 saturated heterocycles. The van der Waals surface area contributed by atoms with Crippen LogP contribution in [0, 0.1) is 17.2 Å². The fourth-order valence-corrected chi connectivity index (χ4v) is 4.02. The molecule has 6 nitrogen and oxygen atoms in total. The third-order valence-corrected chi connectivity index (χ3v) is 5.43. The van der Waals surface area contributed by atoms with Crippen molar-refractivity contribution in [2.75, 3.05) is 23.1 Å². The molecule has 3 atom stereocenters. The van der Waals surface area contributed by atoms with Crippen molar-refractivity contribution in [3.8, 4) is 6.07 Å². The highest BCUT2D eigenvalue weighted by molar-refractivity contribution is 5.93. The Morgan fingerprint density at radius 3 is 2.92 bits per heavy atom. The smallest absolute Gasteiger partial charge is 0.414 e. The summed E-state index contributed by atoms with van der Waals surface area (Å²) in [6.07, 6.45) is 5.32. The SMILES string of the molecule is COC(=O)N1c2ccc(N[C@H]3CCC[C@H](C#N)C3)c(N)c2CC[C@@H]1C. The Morgan fingerprint density at radius 2 is 2.20 bits per heavy atom. The van der Waals surface area contributed by atoms with Gasteiger partial charge < -0.3 is 15.8 Å². The second-order valence-corrected chi connectivity index (χ2v) is 7.09. The first-order valence-electron chi connectivity index (χ1n) is 8.99. The molecule has 1 aliphatic carbocycles. The molecule has 0 spiro atoms. The van der Waals surface area contributed by atoms with Gasteiger partial charge in [-0.3, -0.25) is 4.90 Å². The minimum absolute atomic E-state index is 0.0906. The van der Waals surface area contributed by atoms with Crippen molar-refractivity contribution in [1.82, 2.24) is 0 Å². The molecule has 1 heterocycles. The van der Waals surface area contributed by atoms with Crippen molar-refractivity contribution in [2.24, 2.45) is 5.92 Å². The lowest BCUT2D eigenvalue weighted by atomic mass is 9.86. The summed E-state index contributed by atoms with van der Waals surface area (Å²) in [4.78, 5) is 13.8. The molecule has 25 heavy (non-hydrogen) atoms. The monoisotopic (exact) mass is 342 g/mol. The van der Waals surface area contributed by atoms with E-state index in [1.165, 1.54) is 7.11 Å². The molecule has 6 heteroatoms. The second kappa shape index (κ2) is 7.22. The molecular formula is C19H26N4O2. The van der Waals surface area contributed by atoms with Crippen molar-refractivity contribution < 1.29 is 9.53 Å². The second-order valence-electron chi connectivity index (χ2n) is 7.09. The summed E-state index contributed by atoms with van der Waals surface area (Å²) in [5, 5.41) is 12.7. The van der Waals surface area contributed by atoms with E-state index in [9.17, 15) is 4.79 Å². The Morgan fingerprint density at radius 1 is 1.40 bits per heavy atom. The number of ether oxygens (including phenoxy) is 1. The zero-order valence-corrected chi connectivity index (χ0v) is 14.9. The number of nitrogens with one attached hydrogen (secondary N) is 1. The summed E-state index contributed by atoms with van der Waals surface area (Å²) >= 11 is 0. The lowest BCUT2D eigenvalue weighted by Crippen LogP contribution is -2.42. The van der Waals surface area contributed by atoms with Crippen LogP contribution in [0.5, 0.6) is 0 Å². The van der Waals surface area contributed by atoms with E-state index < -0.39 is 0 Å². The van der Waals surface area contributed by atoms with Crippen molar-refractivity contribution in [2.45, 2.75) is 57.5 Å². The summed E-state index contributed by atoms with van der Waals surface area (Å²) in [5.74, 6) is 0.126. The summed E-state index contributed by atoms with van der Waals surface area (Å²) in [5.41, 5.74) is 9.88. The standard InChI is InChI=1S/C19H26N4O2/c1-12-6-7-15-17(23(12)19(24)25-2)9-8-16(18(15)21)22-14-5-3-4-13(10-14)11-20/h8-9,12-14,22H,3-7,10,21H2,1-2H3/t12-,13-,14-/m0/s1. The van der Waals surface area contributed by atoms with Crippen molar-refractivity contribution in [3.05, 3.63) is 17.7 Å². The first-order valence-corrected chi connectivity index (χ1v) is 8.99. The van der Waals surface area contributed by atoms with Gasteiger partial charge in [0, 0.05) is 23.6 Å². The van der Waals surface area contributed by atoms with Gasteiger partial charge in [0.2, 0.25) is 0 Å². The van der Waals surface area contributed by atoms with Gasteiger partial charge in [-0.15, -0.1) is 0 Å². The van der Waals surface area contributed by atoms with Crippen LogP contribution in [0.25, 0.3) is 0 Å². The number of nitrogen functional groups attached to an aromatic ring is 1. The van der Waals surface area contributed by atoms with Crippen LogP contribution in [0.15, 0.2) is 12.1 Å². The molecule has 0 bridgehead atoms. The third kappa shape index (κ3) is 3.37. The first kappa shape index (κ1) is 17.4. The van der Waals surface area contributed by atoms with E-state index in [0.29, 0.717) is 5.69 Å². The number of hydrogen-bond acceptors (Lipinski definition) is 5. The lowest BCUT2D eigenvalue weighted by Gasteiger charge is -2.35. The fraction of sp³-hybridized carbons (Fsp3) is 0.579. The molecule has 1 amide bonds. The maximum absolute atomic E-state index is 12.1. The highest BCUT2D eigenvalue weighted by Crippen LogP contribution is 2.39. The van der Waals surface area contributed by atoms with Crippen molar-refractivity contribution >= 4 is 23.2 Å². The van der Waals surface area contributed by atoms with Crippen molar-refractivity contribution in [1.29, 1.82) is 5.26 Å². The lowest BCUT2D eigenvalue weighted by molar-refractivity contribution is 0.175. The number of nitrogens with two attached hydrogens (primary N) is 1. The number of carbonyl (C=O) groups is 1. The van der Waals surface area contributed by atoms with E-state index in [1.54, 1.807) is 4.90 Å². The van der Waals surface area contributed by atoms with Gasteiger partial charge >= 0.3 is 6.09 Å². The largest absolute Gasteiger partial charge is 0.452 e. The van der Waals surface area contributed by atoms with Gasteiger partial charge in [0.15, 0.2) is 0 Å². The molecule has 0 unspecified atom stereocenters. The first-order chi connectivity index (χ1) is 12.0. The fourth-order valence-electron chi connectivity index (χ4n) is 4.02. The van der Waals surface area contributed by atoms with E-state index in [0.717, 1.165) is 55.5 Å². The van der Waals surface area contributed by atoms with Gasteiger partial charge in [-0.05, 0) is 51.2 Å². The highest BCUT2D eigenvalue weighted by atomic mass is 16.5. The van der Waals surface area contributed by atoms with Crippen LogP contribution in [-0.4, -0.2) is 25.3 Å². The van der Waals surface area contributed by atoms with Crippen LogP contribution in [0.3, 0.4) is 0 Å². The molecule has 1 fully saturated rings. The molecule has 2 aliphatic rings. The number of nitrogens with zero attached hydrogens (tertiary/aromatic N) is 2. The Bertz CT molecular complexity index is 697. The Hall–Kier alpha value is -2.42. The molecule has 0 aromatic heterocycles. The number of methoxy groups -OCH3 is 1. The van der Waals surface area contributed by atoms with Gasteiger partial charge in [0.25, 0.3) is 0 Å². The van der Waals surface area contributed by atoms with Crippen LogP contribution in [-0.2, 0) is 11.2 Å². The van der Waals surface area contributed by atoms with E-state index in [4.69, 9.17) is 15.7 Å². The predicted molar refractivity (Wildman–Crippen MR) is 98.5 cm³/mol. The Balaban J connectivity index is 1.85. The van der Waals surface area contributed by atoms with E-state index in [1.807, 2.05) is 19.1 Å². The summed E-state index contributed by atoms with van der Waals surface area (Å²) in [6, 6.07) is 6.64. The van der Waals surface area contributed by atoms with Crippen LogP contribution >= 0.6 is 0 Å². The van der Waals surface area contributed by atoms with E-state index in [-0.39, 0.29) is 24.1 Å². The van der Waals surface area contributed by atoms with Crippen LogP contribution in [0.2, 0.25) is 0 Å². The zero-order chi connectivity index (χ0) is 18.0. The van der Waals surface area contributed by atoms with Gasteiger partial charge in [-0.1, -0.05) is 6.42 Å². The van der Waals surface area contributed by atoms with Crippen LogP contribution in [0.4, 0.5) is 21.9 Å². The highest BCUT2D eigenvalue weighted by Gasteiger charge is 2.31. The number of amides is 1. The maximum atomic E-state index is 12.1. The summed E-state index contributed by atoms with van der Waals surface area (Å²) in [7, 11) is 1.40. The third-order valence-electron chi connectivity index (χ3n) is 5.43. The molecule has 3 rings (SSSR count). The molecule has 1 aliphatic heterocycles. The number of hydrogen-bond donors (Lipinski definition) is 2. The Kier molecular flexibility index (Phi) is 5.03. The summed E-state index contributed by atoms with van der Waals surface area (Å²) < 4.78 is 4.93. The van der Waals surface area contributed by atoms with Gasteiger partial charge in [-0.2, -0.15) is 5.26 Å². The topological polar surface area (TPSA) is 91.4 Å². The van der Waals surface area contributed by atoms with Gasteiger partial charge in [0.1, 0.15) is 0 Å². The molecule has 1 aromatic carbocycles. The molecule has 1 aromatic rings. The molecule has 3 N–H and O–H groups in total. The van der Waals surface area contributed by atoms with Crippen LogP contribution < -0.4 is 16.0 Å². The van der Waals surface area contributed by atoms with E-state index in [2.05, 4.69) is 11.4 Å². The normalized spacial score (nSPS) is 25.6. The predicted octanol–water partition coefficient (Wildman–Crippen LogP) is 3.67. The summed E-state index contributed by atoms with van der Waals surface area (Å²) in [6.45, 7) is 2.02. The van der Waals surface area contributed by atoms with E-state index >= 15 is 0 Å². The number of carbonyl (C=O) groups excluding carboxylic acids is 1. The number of anilines is 3. The molecular weight excluding hydrogens is 316 g/mol. The van der Waals surface area contributed by atoms with Crippen molar-refractivity contribution in [3.63, 3.8) is 0 Å². The maximum Gasteiger partial charge on any atom is 0.414 e. The molecule has 134 valence electrons. The number of nitriles is 1. The van der Waals surface area contributed by atoms with Crippen LogP contribution in [0.1, 0.15) is 44.6 Å². The van der Waals surface area contributed by atoms with Gasteiger partial charge in [0.05, 0.1) is 30.2 Å². The quantitative estimate of drug-likeness (QED) is 0.800. The minimum atomic E-state index is -0.349. The molecule has 0 radical (unpaired) electrons. The number of fused-ring (bicyclic) bond motifs is 1. The molecule has 1 saturated carbocycles. The zero-order valence-electron chi connectivity index (χ0n) is 14.9. The van der Waals surface area contributed by atoms with Gasteiger partial charge in [-0.25, -0.2) is 4.79 Å². The number of benzene rings is 1. The Labute approximate surface area is 148 Å². The number of rotatable bonds is 2. The average Bonchev–Trinajstić information content (AvgIpc) is 2.63.